The number of hydrogen-bond donors (Lipinski definition) is 2. The Morgan fingerprint density at radius 2 is 1.43 bits per heavy atom. The van der Waals surface area contributed by atoms with Crippen molar-refractivity contribution in [1.29, 1.82) is 0 Å². The summed E-state index contributed by atoms with van der Waals surface area (Å²) in [5.74, 6) is 0.212. The molecule has 0 saturated carbocycles. The highest BCUT2D eigenvalue weighted by Crippen LogP contribution is 2.43. The Labute approximate surface area is 134 Å². The zero-order valence-electron chi connectivity index (χ0n) is 12.5. The third-order valence-electron chi connectivity index (χ3n) is 4.30. The van der Waals surface area contributed by atoms with Crippen molar-refractivity contribution in [2.24, 2.45) is 10.7 Å². The van der Waals surface area contributed by atoms with Crippen LogP contribution in [0.2, 0.25) is 0 Å². The second-order valence-electron chi connectivity index (χ2n) is 5.67. The van der Waals surface area contributed by atoms with E-state index in [1.54, 1.807) is 0 Å². The highest BCUT2D eigenvalue weighted by molar-refractivity contribution is 6.01. The van der Waals surface area contributed by atoms with Gasteiger partial charge in [0.25, 0.3) is 0 Å². The summed E-state index contributed by atoms with van der Waals surface area (Å²) in [6.07, 6.45) is 0. The molecule has 0 aliphatic carbocycles. The number of nitrogens with zero attached hydrogens (tertiary/aromatic N) is 1. The molecule has 0 saturated heterocycles. The van der Waals surface area contributed by atoms with Crippen molar-refractivity contribution >= 4 is 11.5 Å². The normalized spacial score (nSPS) is 19.3. The van der Waals surface area contributed by atoms with E-state index in [1.807, 2.05) is 78.9 Å². The average molecular weight is 300 g/mol. The Hall–Kier alpha value is -2.91. The van der Waals surface area contributed by atoms with E-state index in [2.05, 4.69) is 4.99 Å². The second-order valence-corrected chi connectivity index (χ2v) is 5.67. The molecule has 3 aromatic rings. The van der Waals surface area contributed by atoms with Crippen molar-refractivity contribution < 1.29 is 5.11 Å². The van der Waals surface area contributed by atoms with Crippen LogP contribution in [0.1, 0.15) is 11.1 Å². The van der Waals surface area contributed by atoms with E-state index >= 15 is 0 Å². The maximum absolute atomic E-state index is 11.3. The molecule has 0 aromatic heterocycles. The molecule has 3 nitrogen and oxygen atoms in total. The summed E-state index contributed by atoms with van der Waals surface area (Å²) in [6, 6.07) is 25.4. The maximum atomic E-state index is 11.3. The summed E-state index contributed by atoms with van der Waals surface area (Å²) in [5, 5.41) is 11.3. The molecule has 23 heavy (non-hydrogen) atoms. The highest BCUT2D eigenvalue weighted by Gasteiger charge is 2.42. The molecule has 3 N–H and O–H groups in total. The quantitative estimate of drug-likeness (QED) is 0.760. The molecule has 1 atom stereocenters. The van der Waals surface area contributed by atoms with Gasteiger partial charge < -0.3 is 10.8 Å². The predicted molar refractivity (Wildman–Crippen MR) is 92.6 cm³/mol. The van der Waals surface area contributed by atoms with Crippen LogP contribution in [0.25, 0.3) is 11.1 Å². The van der Waals surface area contributed by atoms with Gasteiger partial charge >= 0.3 is 0 Å². The first-order valence-corrected chi connectivity index (χ1v) is 7.52. The fraction of sp³-hybridized carbons (Fsp3) is 0.0500. The van der Waals surface area contributed by atoms with Gasteiger partial charge in [0.1, 0.15) is 5.84 Å². The van der Waals surface area contributed by atoms with Crippen LogP contribution in [0, 0.1) is 0 Å². The first-order chi connectivity index (χ1) is 11.2. The van der Waals surface area contributed by atoms with Gasteiger partial charge in [0.2, 0.25) is 0 Å². The summed E-state index contributed by atoms with van der Waals surface area (Å²) in [5.41, 5.74) is 9.00. The minimum Gasteiger partial charge on any atom is -0.384 e. The molecule has 0 bridgehead atoms. The number of fused-ring (bicyclic) bond motifs is 1. The summed E-state index contributed by atoms with van der Waals surface area (Å²) in [7, 11) is 0. The molecule has 3 heteroatoms. The summed E-state index contributed by atoms with van der Waals surface area (Å²) < 4.78 is 0. The molecule has 112 valence electrons. The van der Waals surface area contributed by atoms with Gasteiger partial charge in [0, 0.05) is 5.56 Å². The molecule has 0 amide bonds. The number of benzene rings is 3. The minimum absolute atomic E-state index is 0.212. The monoisotopic (exact) mass is 300 g/mol. The van der Waals surface area contributed by atoms with Crippen molar-refractivity contribution in [1.82, 2.24) is 0 Å². The smallest absolute Gasteiger partial charge is 0.174 e. The van der Waals surface area contributed by atoms with Crippen molar-refractivity contribution in [2.75, 3.05) is 0 Å². The lowest BCUT2D eigenvalue weighted by molar-refractivity contribution is 0.158. The van der Waals surface area contributed by atoms with Gasteiger partial charge in [-0.25, -0.2) is 4.99 Å². The number of hydrogen-bond acceptors (Lipinski definition) is 3. The van der Waals surface area contributed by atoms with Gasteiger partial charge in [-0.3, -0.25) is 0 Å². The van der Waals surface area contributed by atoms with Gasteiger partial charge in [-0.15, -0.1) is 0 Å². The Morgan fingerprint density at radius 1 is 0.783 bits per heavy atom. The van der Waals surface area contributed by atoms with E-state index in [1.165, 1.54) is 0 Å². The van der Waals surface area contributed by atoms with E-state index in [4.69, 9.17) is 5.73 Å². The third kappa shape index (κ3) is 2.05. The number of aliphatic hydroxyl groups is 1. The standard InChI is InChI=1S/C20H16N2O/c21-19-20(23,16-9-5-2-6-10-16)17-13-15(11-12-18(17)22-19)14-7-3-1-4-8-14/h1-13,23H,(H2,21,22). The molecule has 3 aromatic carbocycles. The number of nitrogens with two attached hydrogens (primary N) is 1. The van der Waals surface area contributed by atoms with Gasteiger partial charge in [-0.2, -0.15) is 0 Å². The lowest BCUT2D eigenvalue weighted by Gasteiger charge is -2.25. The maximum Gasteiger partial charge on any atom is 0.174 e. The molecule has 1 unspecified atom stereocenters. The lowest BCUT2D eigenvalue weighted by Crippen LogP contribution is -2.39. The predicted octanol–water partition coefficient (Wildman–Crippen LogP) is 3.59. The topological polar surface area (TPSA) is 58.6 Å². The fourth-order valence-electron chi connectivity index (χ4n) is 3.06. The van der Waals surface area contributed by atoms with Crippen LogP contribution in [-0.4, -0.2) is 10.9 Å². The second kappa shape index (κ2) is 5.07. The first kappa shape index (κ1) is 13.7. The summed E-state index contributed by atoms with van der Waals surface area (Å²) in [4.78, 5) is 4.36. The van der Waals surface area contributed by atoms with E-state index in [0.29, 0.717) is 5.69 Å². The van der Waals surface area contributed by atoms with Gasteiger partial charge in [0.15, 0.2) is 5.60 Å². The molecule has 1 aliphatic heterocycles. The largest absolute Gasteiger partial charge is 0.384 e. The van der Waals surface area contributed by atoms with Crippen molar-refractivity contribution in [3.05, 3.63) is 90.0 Å². The number of amidine groups is 1. The van der Waals surface area contributed by atoms with E-state index in [0.717, 1.165) is 22.3 Å². The SMILES string of the molecule is NC1=Nc2ccc(-c3ccccc3)cc2C1(O)c1ccccc1. The van der Waals surface area contributed by atoms with Crippen molar-refractivity contribution in [3.63, 3.8) is 0 Å². The fourth-order valence-corrected chi connectivity index (χ4v) is 3.06. The van der Waals surface area contributed by atoms with Crippen LogP contribution in [-0.2, 0) is 5.60 Å². The minimum atomic E-state index is -1.37. The average Bonchev–Trinajstić information content (AvgIpc) is 2.88. The van der Waals surface area contributed by atoms with Gasteiger partial charge in [-0.05, 0) is 28.8 Å². The van der Waals surface area contributed by atoms with Crippen LogP contribution in [0.3, 0.4) is 0 Å². The number of aliphatic imine (C=N–C) groups is 1. The van der Waals surface area contributed by atoms with Crippen molar-refractivity contribution in [3.8, 4) is 11.1 Å². The van der Waals surface area contributed by atoms with Crippen LogP contribution < -0.4 is 5.73 Å². The molecule has 0 spiro atoms. The molecular weight excluding hydrogens is 284 g/mol. The van der Waals surface area contributed by atoms with Gasteiger partial charge in [0.05, 0.1) is 5.69 Å². The van der Waals surface area contributed by atoms with E-state index < -0.39 is 5.60 Å². The molecule has 1 aliphatic rings. The van der Waals surface area contributed by atoms with E-state index in [-0.39, 0.29) is 5.84 Å². The molecule has 0 fully saturated rings. The Morgan fingerprint density at radius 3 is 2.13 bits per heavy atom. The summed E-state index contributed by atoms with van der Waals surface area (Å²) >= 11 is 0. The zero-order valence-corrected chi connectivity index (χ0v) is 12.5. The van der Waals surface area contributed by atoms with E-state index in [9.17, 15) is 5.11 Å². The van der Waals surface area contributed by atoms with Crippen LogP contribution in [0.5, 0.6) is 0 Å². The lowest BCUT2D eigenvalue weighted by atomic mass is 9.85. The van der Waals surface area contributed by atoms with Crippen LogP contribution in [0.15, 0.2) is 83.9 Å². The van der Waals surface area contributed by atoms with Crippen molar-refractivity contribution in [2.45, 2.75) is 5.60 Å². The summed E-state index contributed by atoms with van der Waals surface area (Å²) in [6.45, 7) is 0. The Bertz CT molecular complexity index is 888. The molecular formula is C20H16N2O. The van der Waals surface area contributed by atoms with Crippen LogP contribution >= 0.6 is 0 Å². The molecule has 0 radical (unpaired) electrons. The Kier molecular flexibility index (Phi) is 3.03. The Balaban J connectivity index is 1.90. The highest BCUT2D eigenvalue weighted by atomic mass is 16.3. The first-order valence-electron chi connectivity index (χ1n) is 7.52. The number of rotatable bonds is 2. The zero-order chi connectivity index (χ0) is 15.9. The molecule has 4 rings (SSSR count). The van der Waals surface area contributed by atoms with Gasteiger partial charge in [-0.1, -0.05) is 66.7 Å². The molecule has 1 heterocycles. The van der Waals surface area contributed by atoms with Crippen LogP contribution in [0.4, 0.5) is 5.69 Å². The third-order valence-corrected chi connectivity index (χ3v) is 4.30.